The maximum Gasteiger partial charge on any atom is 0.321 e. The maximum atomic E-state index is 13.6. The van der Waals surface area contributed by atoms with Gasteiger partial charge in [-0.1, -0.05) is 24.3 Å². The molecule has 4 aliphatic heterocycles. The summed E-state index contributed by atoms with van der Waals surface area (Å²) in [6.07, 6.45) is 4.40. The Morgan fingerprint density at radius 1 is 0.745 bits per heavy atom. The molecule has 1 atom stereocenters. The number of aromatic nitrogens is 2. The summed E-state index contributed by atoms with van der Waals surface area (Å²) in [6, 6.07) is 21.0. The molecule has 6 amide bonds. The Labute approximate surface area is 316 Å². The quantitative estimate of drug-likeness (QED) is 0.253. The summed E-state index contributed by atoms with van der Waals surface area (Å²) in [5.74, 6) is -1.87. The Bertz CT molecular complexity index is 2150. The van der Waals surface area contributed by atoms with Gasteiger partial charge in [-0.2, -0.15) is 0 Å². The fourth-order valence-corrected chi connectivity index (χ4v) is 7.61. The number of imide groups is 2. The highest BCUT2D eigenvalue weighted by Crippen LogP contribution is 2.35. The van der Waals surface area contributed by atoms with Crippen LogP contribution in [0.3, 0.4) is 0 Å². The number of carbonyl (C=O) groups excluding carboxylic acids is 6. The number of hydrogen-bond acceptors (Lipinski definition) is 11. The van der Waals surface area contributed by atoms with Crippen LogP contribution in [-0.2, 0) is 14.4 Å². The number of para-hydroxylation sites is 1. The van der Waals surface area contributed by atoms with Gasteiger partial charge in [0.2, 0.25) is 17.7 Å². The molecule has 8 rings (SSSR count). The number of carbonyl (C=O) groups is 6. The van der Waals surface area contributed by atoms with Gasteiger partial charge in [-0.25, -0.2) is 9.97 Å². The zero-order valence-electron chi connectivity index (χ0n) is 29.8. The van der Waals surface area contributed by atoms with Crippen LogP contribution in [0.4, 0.5) is 17.1 Å². The van der Waals surface area contributed by atoms with E-state index in [1.165, 1.54) is 12.4 Å². The fraction of sp³-hybridized carbons (Fsp3) is 0.300. The number of nitrogens with zero attached hydrogens (tertiary/aromatic N) is 6. The first-order valence-electron chi connectivity index (χ1n) is 18.3. The Hall–Kier alpha value is -6.64. The molecule has 0 radical (unpaired) electrons. The first-order valence-corrected chi connectivity index (χ1v) is 18.3. The molecule has 15 nitrogen and oxygen atoms in total. The Balaban J connectivity index is 0.813. The van der Waals surface area contributed by atoms with Gasteiger partial charge in [0.25, 0.3) is 17.7 Å². The first-order chi connectivity index (χ1) is 26.7. The molecule has 0 aliphatic carbocycles. The van der Waals surface area contributed by atoms with Gasteiger partial charge >= 0.3 is 6.01 Å². The molecule has 15 heteroatoms. The van der Waals surface area contributed by atoms with E-state index in [9.17, 15) is 28.8 Å². The average Bonchev–Trinajstić information content (AvgIpc) is 3.47. The van der Waals surface area contributed by atoms with Crippen molar-refractivity contribution < 1.29 is 33.5 Å². The summed E-state index contributed by atoms with van der Waals surface area (Å²) >= 11 is 0. The Morgan fingerprint density at radius 3 is 2.15 bits per heavy atom. The molecule has 280 valence electrons. The molecule has 4 aliphatic rings. The monoisotopic (exact) mass is 742 g/mol. The summed E-state index contributed by atoms with van der Waals surface area (Å²) < 4.78 is 5.60. The predicted octanol–water partition coefficient (Wildman–Crippen LogP) is 3.49. The van der Waals surface area contributed by atoms with E-state index in [1.807, 2.05) is 52.3 Å². The van der Waals surface area contributed by atoms with Crippen molar-refractivity contribution in [2.45, 2.75) is 31.7 Å². The van der Waals surface area contributed by atoms with Crippen molar-refractivity contribution in [3.63, 3.8) is 0 Å². The number of piperazine rings is 1. The Morgan fingerprint density at radius 2 is 1.45 bits per heavy atom. The normalized spacial score (nSPS) is 18.9. The molecule has 55 heavy (non-hydrogen) atoms. The molecule has 5 heterocycles. The third kappa shape index (κ3) is 7.20. The minimum atomic E-state index is -1.03. The SMILES string of the molecule is O=C1CCC(N2C(=O)c3cccc(N4CCN(C(=O)C5CCN(c6ccc(NC(=O)c7cnc(Oc8ccccc8)nc7)cc6)CC5)CC4)c3C2=O)C(=O)N1. The highest BCUT2D eigenvalue weighted by atomic mass is 16.5. The van der Waals surface area contributed by atoms with E-state index >= 15 is 0 Å². The zero-order chi connectivity index (χ0) is 38.1. The topological polar surface area (TPSA) is 174 Å². The molecule has 3 fully saturated rings. The highest BCUT2D eigenvalue weighted by molar-refractivity contribution is 6.25. The van der Waals surface area contributed by atoms with Crippen molar-refractivity contribution in [1.82, 2.24) is 25.1 Å². The smallest absolute Gasteiger partial charge is 0.321 e. The van der Waals surface area contributed by atoms with Gasteiger partial charge in [0.15, 0.2) is 0 Å². The van der Waals surface area contributed by atoms with Crippen molar-refractivity contribution in [2.24, 2.45) is 5.92 Å². The number of nitrogens with one attached hydrogen (secondary N) is 2. The summed E-state index contributed by atoms with van der Waals surface area (Å²) in [5.41, 5.74) is 3.03. The van der Waals surface area contributed by atoms with Gasteiger partial charge in [0.1, 0.15) is 11.8 Å². The van der Waals surface area contributed by atoms with E-state index in [0.29, 0.717) is 74.8 Å². The van der Waals surface area contributed by atoms with Crippen molar-refractivity contribution in [3.05, 3.63) is 102 Å². The Kier molecular flexibility index (Phi) is 9.66. The maximum absolute atomic E-state index is 13.6. The fourth-order valence-electron chi connectivity index (χ4n) is 7.61. The first kappa shape index (κ1) is 35.4. The van der Waals surface area contributed by atoms with Crippen molar-refractivity contribution in [2.75, 3.05) is 54.4 Å². The number of piperidine rings is 2. The molecular weight excluding hydrogens is 704 g/mol. The molecule has 0 saturated carbocycles. The molecule has 1 unspecified atom stereocenters. The van der Waals surface area contributed by atoms with Crippen LogP contribution in [0.15, 0.2) is 85.2 Å². The van der Waals surface area contributed by atoms with E-state index in [0.717, 1.165) is 10.6 Å². The lowest BCUT2D eigenvalue weighted by Gasteiger charge is -2.40. The van der Waals surface area contributed by atoms with Gasteiger partial charge in [-0.3, -0.25) is 39.0 Å². The molecule has 2 N–H and O–H groups in total. The van der Waals surface area contributed by atoms with Gasteiger partial charge in [0, 0.05) is 75.4 Å². The van der Waals surface area contributed by atoms with Crippen LogP contribution in [0, 0.1) is 5.92 Å². The van der Waals surface area contributed by atoms with Crippen LogP contribution in [0.5, 0.6) is 11.8 Å². The van der Waals surface area contributed by atoms with E-state index < -0.39 is 29.7 Å². The van der Waals surface area contributed by atoms with Crippen LogP contribution in [0.2, 0.25) is 0 Å². The van der Waals surface area contributed by atoms with Gasteiger partial charge in [0.05, 0.1) is 22.4 Å². The summed E-state index contributed by atoms with van der Waals surface area (Å²) in [5, 5.41) is 5.10. The lowest BCUT2D eigenvalue weighted by Crippen LogP contribution is -2.54. The van der Waals surface area contributed by atoms with E-state index in [2.05, 4.69) is 25.5 Å². The number of rotatable bonds is 8. The minimum Gasteiger partial charge on any atom is -0.424 e. The molecule has 4 aromatic rings. The summed E-state index contributed by atoms with van der Waals surface area (Å²) in [4.78, 5) is 92.9. The average molecular weight is 743 g/mol. The number of amides is 6. The number of fused-ring (bicyclic) bond motifs is 1. The van der Waals surface area contributed by atoms with Crippen LogP contribution in [-0.4, -0.2) is 101 Å². The summed E-state index contributed by atoms with van der Waals surface area (Å²) in [6.45, 7) is 3.37. The van der Waals surface area contributed by atoms with E-state index in [4.69, 9.17) is 4.74 Å². The highest BCUT2D eigenvalue weighted by Gasteiger charge is 2.46. The molecular formula is C40H38N8O7. The standard InChI is InChI=1S/C40H38N8O7/c49-33-14-13-32(36(51)44-33)48-38(53)30-7-4-8-31(34(30)39(48)54)46-19-21-47(22-20-46)37(52)25-15-17-45(18-16-25)28-11-9-27(10-12-28)43-35(50)26-23-41-40(42-24-26)55-29-5-2-1-3-6-29/h1-12,23-25,32H,13-22H2,(H,43,50)(H,44,49,51). The second-order valence-electron chi connectivity index (χ2n) is 13.9. The molecule has 0 bridgehead atoms. The van der Waals surface area contributed by atoms with Crippen LogP contribution in [0.1, 0.15) is 56.8 Å². The second kappa shape index (κ2) is 15.0. The van der Waals surface area contributed by atoms with E-state index in [-0.39, 0.29) is 47.7 Å². The van der Waals surface area contributed by atoms with Crippen molar-refractivity contribution in [1.29, 1.82) is 0 Å². The summed E-state index contributed by atoms with van der Waals surface area (Å²) in [7, 11) is 0. The predicted molar refractivity (Wildman–Crippen MR) is 200 cm³/mol. The number of benzene rings is 3. The molecule has 3 aromatic carbocycles. The minimum absolute atomic E-state index is 0.0562. The van der Waals surface area contributed by atoms with Gasteiger partial charge < -0.3 is 24.8 Å². The third-order valence-electron chi connectivity index (χ3n) is 10.6. The molecule has 3 saturated heterocycles. The van der Waals surface area contributed by atoms with Crippen molar-refractivity contribution >= 4 is 52.5 Å². The van der Waals surface area contributed by atoms with Crippen LogP contribution >= 0.6 is 0 Å². The molecule has 1 aromatic heterocycles. The van der Waals surface area contributed by atoms with Gasteiger partial charge in [-0.05, 0) is 67.8 Å². The van der Waals surface area contributed by atoms with Crippen LogP contribution < -0.4 is 25.2 Å². The number of hydrogen-bond donors (Lipinski definition) is 2. The van der Waals surface area contributed by atoms with Crippen molar-refractivity contribution in [3.8, 4) is 11.8 Å². The lowest BCUT2D eigenvalue weighted by molar-refractivity contribution is -0.137. The largest absolute Gasteiger partial charge is 0.424 e. The lowest BCUT2D eigenvalue weighted by atomic mass is 9.94. The third-order valence-corrected chi connectivity index (χ3v) is 10.6. The molecule has 0 spiro atoms. The second-order valence-corrected chi connectivity index (χ2v) is 13.9. The van der Waals surface area contributed by atoms with E-state index in [1.54, 1.807) is 30.3 Å². The number of anilines is 3. The zero-order valence-corrected chi connectivity index (χ0v) is 29.8. The van der Waals surface area contributed by atoms with Crippen LogP contribution in [0.25, 0.3) is 0 Å². The van der Waals surface area contributed by atoms with Gasteiger partial charge in [-0.15, -0.1) is 0 Å². The number of ether oxygens (including phenoxy) is 1.